The van der Waals surface area contributed by atoms with E-state index in [9.17, 15) is 9.18 Å². The number of amides is 1. The van der Waals surface area contributed by atoms with Crippen molar-refractivity contribution in [2.24, 2.45) is 0 Å². The highest BCUT2D eigenvalue weighted by molar-refractivity contribution is 5.96. The van der Waals surface area contributed by atoms with Gasteiger partial charge < -0.3 is 14.8 Å². The number of para-hydroxylation sites is 1. The van der Waals surface area contributed by atoms with Crippen LogP contribution in [0, 0.1) is 5.82 Å². The Hall–Kier alpha value is -4.26. The van der Waals surface area contributed by atoms with Gasteiger partial charge in [0, 0.05) is 30.6 Å². The molecule has 0 aliphatic rings. The average Bonchev–Trinajstić information content (AvgIpc) is 2.79. The predicted octanol–water partition coefficient (Wildman–Crippen LogP) is 5.13. The lowest BCUT2D eigenvalue weighted by molar-refractivity contribution is 0.0947. The van der Waals surface area contributed by atoms with Crippen LogP contribution >= 0.6 is 0 Å². The Balaban J connectivity index is 1.48. The number of hydrogen-bond acceptors (Lipinski definition) is 5. The van der Waals surface area contributed by atoms with Gasteiger partial charge in [0.1, 0.15) is 22.9 Å². The van der Waals surface area contributed by atoms with E-state index < -0.39 is 5.82 Å². The number of aromatic nitrogens is 2. The van der Waals surface area contributed by atoms with E-state index in [-0.39, 0.29) is 24.2 Å². The maximum atomic E-state index is 13.4. The summed E-state index contributed by atoms with van der Waals surface area (Å²) in [6, 6.07) is 21.7. The van der Waals surface area contributed by atoms with Gasteiger partial charge in [-0.05, 0) is 42.5 Å². The Morgan fingerprint density at radius 3 is 2.32 bits per heavy atom. The number of ether oxygens (including phenoxy) is 2. The Kier molecular flexibility index (Phi) is 6.13. The van der Waals surface area contributed by atoms with Gasteiger partial charge >= 0.3 is 0 Å². The lowest BCUT2D eigenvalue weighted by atomic mass is 10.2. The molecule has 0 saturated carbocycles. The number of hydrogen-bond donors (Lipinski definition) is 1. The van der Waals surface area contributed by atoms with Gasteiger partial charge in [0.05, 0.1) is 0 Å². The zero-order chi connectivity index (χ0) is 21.5. The van der Waals surface area contributed by atoms with Crippen LogP contribution in [0.15, 0.2) is 91.3 Å². The van der Waals surface area contributed by atoms with E-state index in [2.05, 4.69) is 15.3 Å². The van der Waals surface area contributed by atoms with E-state index in [0.29, 0.717) is 22.6 Å². The van der Waals surface area contributed by atoms with Crippen LogP contribution in [0.3, 0.4) is 0 Å². The molecule has 0 radical (unpaired) electrons. The minimum atomic E-state index is -0.411. The van der Waals surface area contributed by atoms with E-state index in [4.69, 9.17) is 9.47 Å². The minimum Gasteiger partial charge on any atom is -0.439 e. The summed E-state index contributed by atoms with van der Waals surface area (Å²) in [5, 5.41) is 2.83. The molecule has 0 saturated heterocycles. The van der Waals surface area contributed by atoms with Crippen molar-refractivity contribution in [3.05, 3.63) is 108 Å². The third-order valence-electron chi connectivity index (χ3n) is 4.27. The largest absolute Gasteiger partial charge is 0.439 e. The summed E-state index contributed by atoms with van der Waals surface area (Å²) in [6.07, 6.45) is 3.12. The summed E-state index contributed by atoms with van der Waals surface area (Å²) in [5.74, 6) is 0.602. The Morgan fingerprint density at radius 1 is 0.806 bits per heavy atom. The van der Waals surface area contributed by atoms with Crippen molar-refractivity contribution in [1.29, 1.82) is 0 Å². The smallest absolute Gasteiger partial charge is 0.257 e. The number of nitrogens with zero attached hydrogens (tertiary/aromatic N) is 2. The van der Waals surface area contributed by atoms with Crippen molar-refractivity contribution in [3.63, 3.8) is 0 Å². The van der Waals surface area contributed by atoms with Gasteiger partial charge in [0.25, 0.3) is 5.91 Å². The van der Waals surface area contributed by atoms with Crippen LogP contribution in [0.2, 0.25) is 0 Å². The van der Waals surface area contributed by atoms with E-state index in [1.807, 2.05) is 18.2 Å². The summed E-state index contributed by atoms with van der Waals surface area (Å²) in [6.45, 7) is 0.150. The second-order valence-electron chi connectivity index (χ2n) is 6.48. The molecule has 7 heteroatoms. The van der Waals surface area contributed by atoms with E-state index in [0.717, 1.165) is 0 Å². The molecule has 2 heterocycles. The van der Waals surface area contributed by atoms with Crippen molar-refractivity contribution < 1.29 is 18.7 Å². The SMILES string of the molecule is O=C(NCc1cccnc1Oc1cccc(F)c1)c1cccnc1Oc1ccccc1. The van der Waals surface area contributed by atoms with Gasteiger partial charge in [-0.25, -0.2) is 14.4 Å². The van der Waals surface area contributed by atoms with Crippen LogP contribution in [0.5, 0.6) is 23.3 Å². The fourth-order valence-electron chi connectivity index (χ4n) is 2.81. The van der Waals surface area contributed by atoms with Crippen molar-refractivity contribution in [3.8, 4) is 23.3 Å². The normalized spacial score (nSPS) is 10.4. The molecule has 0 atom stereocenters. The average molecular weight is 415 g/mol. The molecule has 1 N–H and O–H groups in total. The van der Waals surface area contributed by atoms with Crippen LogP contribution in [0.4, 0.5) is 4.39 Å². The molecule has 0 aliphatic carbocycles. The van der Waals surface area contributed by atoms with Gasteiger partial charge in [0.2, 0.25) is 11.8 Å². The highest BCUT2D eigenvalue weighted by atomic mass is 19.1. The van der Waals surface area contributed by atoms with Crippen LogP contribution in [-0.4, -0.2) is 15.9 Å². The number of carbonyl (C=O) groups excluding carboxylic acids is 1. The van der Waals surface area contributed by atoms with Crippen LogP contribution in [0.25, 0.3) is 0 Å². The highest BCUT2D eigenvalue weighted by Crippen LogP contribution is 2.25. The number of rotatable bonds is 7. The fourth-order valence-corrected chi connectivity index (χ4v) is 2.81. The number of carbonyl (C=O) groups is 1. The monoisotopic (exact) mass is 415 g/mol. The third-order valence-corrected chi connectivity index (χ3v) is 4.27. The summed E-state index contributed by atoms with van der Waals surface area (Å²) in [4.78, 5) is 21.2. The molecule has 4 aromatic rings. The molecule has 154 valence electrons. The molecule has 0 aliphatic heterocycles. The predicted molar refractivity (Wildman–Crippen MR) is 113 cm³/mol. The number of pyridine rings is 2. The molecule has 4 rings (SSSR count). The number of benzene rings is 2. The number of nitrogens with one attached hydrogen (secondary N) is 1. The lowest BCUT2D eigenvalue weighted by Gasteiger charge is -2.12. The molecule has 2 aromatic heterocycles. The minimum absolute atomic E-state index is 0.150. The summed E-state index contributed by atoms with van der Waals surface area (Å²) < 4.78 is 24.9. The van der Waals surface area contributed by atoms with Gasteiger partial charge in [-0.3, -0.25) is 4.79 Å². The zero-order valence-electron chi connectivity index (χ0n) is 16.4. The van der Waals surface area contributed by atoms with Crippen molar-refractivity contribution in [2.45, 2.75) is 6.54 Å². The summed E-state index contributed by atoms with van der Waals surface area (Å²) >= 11 is 0. The van der Waals surface area contributed by atoms with Crippen LogP contribution in [0.1, 0.15) is 15.9 Å². The van der Waals surface area contributed by atoms with E-state index in [1.165, 1.54) is 12.1 Å². The molecular weight excluding hydrogens is 397 g/mol. The van der Waals surface area contributed by atoms with Gasteiger partial charge in [-0.15, -0.1) is 0 Å². The first-order valence-electron chi connectivity index (χ1n) is 9.52. The van der Waals surface area contributed by atoms with E-state index >= 15 is 0 Å². The fraction of sp³-hybridized carbons (Fsp3) is 0.0417. The van der Waals surface area contributed by atoms with Crippen LogP contribution in [-0.2, 0) is 6.54 Å². The second-order valence-corrected chi connectivity index (χ2v) is 6.48. The first-order chi connectivity index (χ1) is 15.2. The van der Waals surface area contributed by atoms with Crippen LogP contribution < -0.4 is 14.8 Å². The molecule has 0 fully saturated rings. The molecule has 1 amide bonds. The van der Waals surface area contributed by atoms with Gasteiger partial charge in [-0.2, -0.15) is 0 Å². The summed E-state index contributed by atoms with van der Waals surface area (Å²) in [5.41, 5.74) is 0.928. The zero-order valence-corrected chi connectivity index (χ0v) is 16.4. The standard InChI is InChI=1S/C24H18FN3O3/c25-18-8-4-11-20(15-18)31-23-17(7-5-13-26-23)16-28-22(29)21-12-6-14-27-24(21)30-19-9-2-1-3-10-19/h1-15H,16H2,(H,28,29). The molecule has 0 bridgehead atoms. The lowest BCUT2D eigenvalue weighted by Crippen LogP contribution is -2.24. The molecule has 31 heavy (non-hydrogen) atoms. The van der Waals surface area contributed by atoms with Gasteiger partial charge in [0.15, 0.2) is 0 Å². The molecule has 6 nitrogen and oxygen atoms in total. The molecule has 2 aromatic carbocycles. The Morgan fingerprint density at radius 2 is 1.52 bits per heavy atom. The van der Waals surface area contributed by atoms with E-state index in [1.54, 1.807) is 60.9 Å². The first-order valence-corrected chi connectivity index (χ1v) is 9.52. The quantitative estimate of drug-likeness (QED) is 0.453. The summed E-state index contributed by atoms with van der Waals surface area (Å²) in [7, 11) is 0. The molecular formula is C24H18FN3O3. The second kappa shape index (κ2) is 9.49. The Bertz CT molecular complexity index is 1190. The van der Waals surface area contributed by atoms with Crippen molar-refractivity contribution >= 4 is 5.91 Å². The topological polar surface area (TPSA) is 73.3 Å². The van der Waals surface area contributed by atoms with Crippen molar-refractivity contribution in [1.82, 2.24) is 15.3 Å². The first kappa shape index (κ1) is 20.0. The maximum absolute atomic E-state index is 13.4. The van der Waals surface area contributed by atoms with Gasteiger partial charge in [-0.1, -0.05) is 30.3 Å². The van der Waals surface area contributed by atoms with Crippen molar-refractivity contribution in [2.75, 3.05) is 0 Å². The Labute approximate surface area is 178 Å². The third kappa shape index (κ3) is 5.22. The highest BCUT2D eigenvalue weighted by Gasteiger charge is 2.15. The number of halogens is 1. The maximum Gasteiger partial charge on any atom is 0.257 e. The molecule has 0 unspecified atom stereocenters. The molecule has 0 spiro atoms.